The Bertz CT molecular complexity index is 524. The van der Waals surface area contributed by atoms with Gasteiger partial charge in [0, 0.05) is 18.5 Å². The van der Waals surface area contributed by atoms with Crippen molar-refractivity contribution in [1.29, 1.82) is 0 Å². The van der Waals surface area contributed by atoms with Gasteiger partial charge in [0.05, 0.1) is 13.0 Å². The molecule has 0 unspecified atom stereocenters. The number of likely N-dealkylation sites (tertiary alicyclic amines) is 1. The van der Waals surface area contributed by atoms with Crippen molar-refractivity contribution in [2.75, 3.05) is 13.7 Å². The molecular formula is C18H27NO3. The molecule has 4 saturated carbocycles. The van der Waals surface area contributed by atoms with Crippen LogP contribution >= 0.6 is 0 Å². The first-order valence-electron chi connectivity index (χ1n) is 8.65. The second-order valence-corrected chi connectivity index (χ2v) is 9.28. The van der Waals surface area contributed by atoms with E-state index in [0.717, 1.165) is 25.2 Å². The zero-order chi connectivity index (χ0) is 15.8. The lowest BCUT2D eigenvalue weighted by molar-refractivity contribution is -0.170. The zero-order valence-electron chi connectivity index (χ0n) is 14.0. The van der Waals surface area contributed by atoms with Crippen LogP contribution in [0.1, 0.15) is 58.8 Å². The summed E-state index contributed by atoms with van der Waals surface area (Å²) in [6.45, 7) is 5.41. The maximum atomic E-state index is 12.6. The van der Waals surface area contributed by atoms with E-state index in [4.69, 9.17) is 4.74 Å². The molecule has 122 valence electrons. The minimum absolute atomic E-state index is 0.0166. The van der Waals surface area contributed by atoms with Crippen molar-refractivity contribution < 1.29 is 14.3 Å². The smallest absolute Gasteiger partial charge is 0.310 e. The monoisotopic (exact) mass is 305 g/mol. The molecule has 1 aliphatic heterocycles. The fourth-order valence-electron chi connectivity index (χ4n) is 7.18. The highest BCUT2D eigenvalue weighted by molar-refractivity contribution is 5.87. The number of nitrogens with zero attached hydrogens (tertiary/aromatic N) is 1. The average Bonchev–Trinajstić information content (AvgIpc) is 2.76. The van der Waals surface area contributed by atoms with Crippen LogP contribution in [0.4, 0.5) is 0 Å². The lowest BCUT2D eigenvalue weighted by Gasteiger charge is -2.67. The van der Waals surface area contributed by atoms with E-state index in [1.807, 2.05) is 0 Å². The van der Waals surface area contributed by atoms with Gasteiger partial charge in [0.1, 0.15) is 0 Å². The summed E-state index contributed by atoms with van der Waals surface area (Å²) in [5.74, 6) is 0.449. The summed E-state index contributed by atoms with van der Waals surface area (Å²) in [4.78, 5) is 26.6. The Morgan fingerprint density at radius 1 is 1.14 bits per heavy atom. The Kier molecular flexibility index (Phi) is 2.82. The highest BCUT2D eigenvalue weighted by Gasteiger charge is 2.63. The van der Waals surface area contributed by atoms with Crippen LogP contribution in [0.2, 0.25) is 0 Å². The van der Waals surface area contributed by atoms with E-state index in [2.05, 4.69) is 18.7 Å². The molecule has 3 atom stereocenters. The third-order valence-electron chi connectivity index (χ3n) is 6.83. The number of ether oxygens (including phenoxy) is 1. The molecule has 1 heterocycles. The van der Waals surface area contributed by atoms with Gasteiger partial charge in [-0.2, -0.15) is 0 Å². The third-order valence-corrected chi connectivity index (χ3v) is 6.83. The van der Waals surface area contributed by atoms with E-state index in [1.54, 1.807) is 0 Å². The average molecular weight is 305 g/mol. The van der Waals surface area contributed by atoms with Crippen molar-refractivity contribution in [3.05, 3.63) is 0 Å². The Morgan fingerprint density at radius 3 is 2.32 bits per heavy atom. The third kappa shape index (κ3) is 1.95. The van der Waals surface area contributed by atoms with Gasteiger partial charge in [-0.1, -0.05) is 13.8 Å². The molecular weight excluding hydrogens is 278 g/mol. The van der Waals surface area contributed by atoms with Crippen LogP contribution in [0.25, 0.3) is 0 Å². The fraction of sp³-hybridized carbons (Fsp3) is 0.889. The molecule has 0 spiro atoms. The van der Waals surface area contributed by atoms with Crippen molar-refractivity contribution in [1.82, 2.24) is 4.90 Å². The lowest BCUT2D eigenvalue weighted by atomic mass is 9.42. The van der Waals surface area contributed by atoms with Gasteiger partial charge in [-0.25, -0.2) is 0 Å². The van der Waals surface area contributed by atoms with Crippen LogP contribution in [0.3, 0.4) is 0 Å². The van der Waals surface area contributed by atoms with Gasteiger partial charge < -0.3 is 9.64 Å². The first kappa shape index (κ1) is 14.5. The topological polar surface area (TPSA) is 46.6 Å². The molecule has 0 aromatic carbocycles. The van der Waals surface area contributed by atoms with E-state index in [0.29, 0.717) is 23.8 Å². The highest BCUT2D eigenvalue weighted by Crippen LogP contribution is 2.68. The van der Waals surface area contributed by atoms with Crippen molar-refractivity contribution in [2.45, 2.75) is 64.3 Å². The Balaban J connectivity index is 1.65. The van der Waals surface area contributed by atoms with Gasteiger partial charge in [0.15, 0.2) is 0 Å². The fourth-order valence-corrected chi connectivity index (χ4v) is 7.18. The quantitative estimate of drug-likeness (QED) is 0.737. The predicted octanol–water partition coefficient (Wildman–Crippen LogP) is 2.76. The molecule has 4 heteroatoms. The minimum atomic E-state index is -0.258. The molecule has 5 aliphatic rings. The van der Waals surface area contributed by atoms with Crippen LogP contribution < -0.4 is 0 Å². The van der Waals surface area contributed by atoms with Crippen molar-refractivity contribution in [3.63, 3.8) is 0 Å². The van der Waals surface area contributed by atoms with Crippen molar-refractivity contribution in [3.8, 4) is 0 Å². The van der Waals surface area contributed by atoms with Crippen LogP contribution in [-0.2, 0) is 14.3 Å². The molecule has 0 radical (unpaired) electrons. The molecule has 4 bridgehead atoms. The summed E-state index contributed by atoms with van der Waals surface area (Å²) >= 11 is 0. The van der Waals surface area contributed by atoms with Crippen LogP contribution in [0, 0.1) is 22.7 Å². The highest BCUT2D eigenvalue weighted by atomic mass is 16.5. The number of rotatable bonds is 2. The van der Waals surface area contributed by atoms with E-state index < -0.39 is 0 Å². The van der Waals surface area contributed by atoms with Crippen LogP contribution in [-0.4, -0.2) is 36.0 Å². The molecule has 0 N–H and O–H groups in total. The molecule has 1 saturated heterocycles. The summed E-state index contributed by atoms with van der Waals surface area (Å²) in [6, 6.07) is 0. The summed E-state index contributed by atoms with van der Waals surface area (Å²) < 4.78 is 4.87. The zero-order valence-corrected chi connectivity index (χ0v) is 14.0. The first-order chi connectivity index (χ1) is 10.3. The van der Waals surface area contributed by atoms with E-state index in [-0.39, 0.29) is 23.3 Å². The SMILES string of the molecule is COC(=O)[C@H]1CC(=O)N(C23CC4C[C@@](C)(C2)C[C@@](C)(C4)C3)C1. The molecule has 1 amide bonds. The summed E-state index contributed by atoms with van der Waals surface area (Å²) in [7, 11) is 1.42. The number of carbonyl (C=O) groups is 2. The summed E-state index contributed by atoms with van der Waals surface area (Å²) in [5, 5.41) is 0. The molecule has 5 rings (SSSR count). The largest absolute Gasteiger partial charge is 0.469 e. The van der Waals surface area contributed by atoms with Crippen LogP contribution in [0.15, 0.2) is 0 Å². The number of carbonyl (C=O) groups excluding carboxylic acids is 2. The van der Waals surface area contributed by atoms with Gasteiger partial charge in [-0.3, -0.25) is 9.59 Å². The summed E-state index contributed by atoms with van der Waals surface area (Å²) in [5.41, 5.74) is 0.790. The van der Waals surface area contributed by atoms with Gasteiger partial charge in [-0.05, 0) is 55.3 Å². The maximum absolute atomic E-state index is 12.6. The molecule has 0 aromatic rings. The molecule has 4 nitrogen and oxygen atoms in total. The molecule has 5 fully saturated rings. The minimum Gasteiger partial charge on any atom is -0.469 e. The Hall–Kier alpha value is -1.06. The Labute approximate surface area is 132 Å². The molecule has 22 heavy (non-hydrogen) atoms. The maximum Gasteiger partial charge on any atom is 0.310 e. The lowest BCUT2D eigenvalue weighted by Crippen LogP contribution is -2.65. The number of esters is 1. The second-order valence-electron chi connectivity index (χ2n) is 9.28. The number of methoxy groups -OCH3 is 1. The van der Waals surface area contributed by atoms with Gasteiger partial charge in [0.25, 0.3) is 0 Å². The summed E-state index contributed by atoms with van der Waals surface area (Å²) in [6.07, 6.45) is 7.71. The second kappa shape index (κ2) is 4.27. The van der Waals surface area contributed by atoms with E-state index in [1.165, 1.54) is 26.4 Å². The Morgan fingerprint density at radius 2 is 1.77 bits per heavy atom. The van der Waals surface area contributed by atoms with Crippen molar-refractivity contribution in [2.24, 2.45) is 22.7 Å². The van der Waals surface area contributed by atoms with Gasteiger partial charge in [0.2, 0.25) is 5.91 Å². The standard InChI is InChI=1S/C18H27NO3/c1-16-5-12-6-17(2,9-16)11-18(7-12,10-16)19-8-13(4-14(19)20)15(21)22-3/h12-13H,4-11H2,1-3H3/t12?,13-,16+,17+,18?/m0/s1. The number of amides is 1. The van der Waals surface area contributed by atoms with E-state index >= 15 is 0 Å². The molecule has 4 aliphatic carbocycles. The van der Waals surface area contributed by atoms with Gasteiger partial charge in [-0.15, -0.1) is 0 Å². The predicted molar refractivity (Wildman–Crippen MR) is 82.0 cm³/mol. The first-order valence-corrected chi connectivity index (χ1v) is 8.65. The number of hydrogen-bond donors (Lipinski definition) is 0. The van der Waals surface area contributed by atoms with Gasteiger partial charge >= 0.3 is 5.97 Å². The van der Waals surface area contributed by atoms with Crippen molar-refractivity contribution >= 4 is 11.9 Å². The normalized spacial score (nSPS) is 49.8. The molecule has 0 aromatic heterocycles. The van der Waals surface area contributed by atoms with Crippen LogP contribution in [0.5, 0.6) is 0 Å². The number of hydrogen-bond acceptors (Lipinski definition) is 3. The van der Waals surface area contributed by atoms with E-state index in [9.17, 15) is 9.59 Å².